The Hall–Kier alpha value is -1.26. The van der Waals surface area contributed by atoms with E-state index in [0.717, 1.165) is 43.9 Å². The molecule has 0 spiro atoms. The van der Waals surface area contributed by atoms with Gasteiger partial charge in [-0.1, -0.05) is 20.8 Å². The van der Waals surface area contributed by atoms with E-state index in [4.69, 9.17) is 9.47 Å². The van der Waals surface area contributed by atoms with E-state index in [0.29, 0.717) is 17.9 Å². The van der Waals surface area contributed by atoms with Crippen molar-refractivity contribution in [2.45, 2.75) is 46.1 Å². The van der Waals surface area contributed by atoms with Crippen LogP contribution in [0.25, 0.3) is 0 Å². The van der Waals surface area contributed by atoms with Gasteiger partial charge in [-0.05, 0) is 54.4 Å². The van der Waals surface area contributed by atoms with Crippen molar-refractivity contribution in [2.75, 3.05) is 33.9 Å². The highest BCUT2D eigenvalue weighted by atomic mass is 16.5. The molecule has 4 heteroatoms. The lowest BCUT2D eigenvalue weighted by Crippen LogP contribution is -2.39. The molecular weight excluding hydrogens is 302 g/mol. The first-order valence-electron chi connectivity index (χ1n) is 9.13. The smallest absolute Gasteiger partial charge is 0.161 e. The molecule has 24 heavy (non-hydrogen) atoms. The van der Waals surface area contributed by atoms with Crippen molar-refractivity contribution in [3.63, 3.8) is 0 Å². The number of benzene rings is 1. The van der Waals surface area contributed by atoms with Gasteiger partial charge in [0, 0.05) is 25.7 Å². The summed E-state index contributed by atoms with van der Waals surface area (Å²) in [4.78, 5) is 2.54. The molecule has 1 aromatic rings. The van der Waals surface area contributed by atoms with Crippen molar-refractivity contribution in [3.05, 3.63) is 23.3 Å². The molecule has 0 radical (unpaired) electrons. The van der Waals surface area contributed by atoms with Gasteiger partial charge in [0.1, 0.15) is 0 Å². The number of fused-ring (bicyclic) bond motifs is 1. The third kappa shape index (κ3) is 4.22. The highest BCUT2D eigenvalue weighted by molar-refractivity contribution is 5.49. The van der Waals surface area contributed by atoms with Gasteiger partial charge in [0.2, 0.25) is 0 Å². The molecule has 2 atom stereocenters. The molecule has 0 fully saturated rings. The van der Waals surface area contributed by atoms with Gasteiger partial charge in [-0.25, -0.2) is 0 Å². The summed E-state index contributed by atoms with van der Waals surface area (Å²) in [5, 5.41) is 9.75. The quantitative estimate of drug-likeness (QED) is 0.787. The van der Waals surface area contributed by atoms with Crippen molar-refractivity contribution < 1.29 is 14.6 Å². The van der Waals surface area contributed by atoms with Crippen molar-refractivity contribution in [2.24, 2.45) is 11.8 Å². The van der Waals surface area contributed by atoms with E-state index < -0.39 is 0 Å². The molecule has 1 aromatic carbocycles. The summed E-state index contributed by atoms with van der Waals surface area (Å²) in [6.45, 7) is 8.95. The molecule has 0 aliphatic carbocycles. The monoisotopic (exact) mass is 335 g/mol. The Morgan fingerprint density at radius 2 is 1.88 bits per heavy atom. The molecule has 1 N–H and O–H groups in total. The third-order valence-electron chi connectivity index (χ3n) is 5.06. The minimum atomic E-state index is 0.268. The van der Waals surface area contributed by atoms with Gasteiger partial charge >= 0.3 is 0 Å². The first kappa shape index (κ1) is 19.1. The minimum absolute atomic E-state index is 0.268. The number of aliphatic hydroxyl groups excluding tert-OH is 1. The molecule has 136 valence electrons. The zero-order chi connectivity index (χ0) is 17.7. The van der Waals surface area contributed by atoms with Gasteiger partial charge in [-0.15, -0.1) is 0 Å². The van der Waals surface area contributed by atoms with Gasteiger partial charge in [-0.3, -0.25) is 4.90 Å². The molecule has 1 aliphatic heterocycles. The molecule has 2 rings (SSSR count). The Labute approximate surface area is 146 Å². The maximum atomic E-state index is 9.75. The Morgan fingerprint density at radius 1 is 1.21 bits per heavy atom. The summed E-state index contributed by atoms with van der Waals surface area (Å²) in [5.41, 5.74) is 2.71. The normalized spacial score (nSPS) is 19.2. The van der Waals surface area contributed by atoms with Crippen molar-refractivity contribution in [3.8, 4) is 11.5 Å². The second-order valence-corrected chi connectivity index (χ2v) is 7.25. The largest absolute Gasteiger partial charge is 0.493 e. The fourth-order valence-corrected chi connectivity index (χ4v) is 3.98. The van der Waals surface area contributed by atoms with Gasteiger partial charge < -0.3 is 14.6 Å². The number of rotatable bonds is 8. The van der Waals surface area contributed by atoms with E-state index in [2.05, 4.69) is 37.8 Å². The zero-order valence-electron chi connectivity index (χ0n) is 15.8. The summed E-state index contributed by atoms with van der Waals surface area (Å²) in [7, 11) is 3.38. The topological polar surface area (TPSA) is 41.9 Å². The standard InChI is InChI=1S/C20H33NO3/c1-6-18-17-11-20(24-5)19(23-4)10-16(17)7-8-21(18)12-15(13-22)9-14(2)3/h10-11,14-15,18,22H,6-9,12-13H2,1-5H3/t15-,18?/m0/s1. The maximum absolute atomic E-state index is 9.75. The van der Waals surface area contributed by atoms with Crippen LogP contribution in [0.2, 0.25) is 0 Å². The van der Waals surface area contributed by atoms with Gasteiger partial charge in [0.15, 0.2) is 11.5 Å². The van der Waals surface area contributed by atoms with Crippen LogP contribution in [0.15, 0.2) is 12.1 Å². The highest BCUT2D eigenvalue weighted by Crippen LogP contribution is 2.39. The predicted octanol–water partition coefficient (Wildman–Crippen LogP) is 3.67. The van der Waals surface area contributed by atoms with Crippen LogP contribution >= 0.6 is 0 Å². The first-order chi connectivity index (χ1) is 11.5. The highest BCUT2D eigenvalue weighted by Gasteiger charge is 2.29. The van der Waals surface area contributed by atoms with E-state index in [1.165, 1.54) is 11.1 Å². The lowest BCUT2D eigenvalue weighted by atomic mass is 9.88. The third-order valence-corrected chi connectivity index (χ3v) is 5.06. The summed E-state index contributed by atoms with van der Waals surface area (Å²) in [6.07, 6.45) is 3.15. The average molecular weight is 335 g/mol. The van der Waals surface area contributed by atoms with E-state index in [9.17, 15) is 5.11 Å². The molecule has 0 bridgehead atoms. The van der Waals surface area contributed by atoms with Crippen molar-refractivity contribution in [1.29, 1.82) is 0 Å². The van der Waals surface area contributed by atoms with Crippen LogP contribution < -0.4 is 9.47 Å². The molecule has 1 heterocycles. The second kappa shape index (κ2) is 8.72. The van der Waals surface area contributed by atoms with Gasteiger partial charge in [-0.2, -0.15) is 0 Å². The molecule has 0 aromatic heterocycles. The van der Waals surface area contributed by atoms with Crippen LogP contribution in [0.3, 0.4) is 0 Å². The first-order valence-corrected chi connectivity index (χ1v) is 9.13. The maximum Gasteiger partial charge on any atom is 0.161 e. The Kier molecular flexibility index (Phi) is 6.93. The summed E-state index contributed by atoms with van der Waals surface area (Å²) >= 11 is 0. The number of ether oxygens (including phenoxy) is 2. The van der Waals surface area contributed by atoms with E-state index >= 15 is 0 Å². The van der Waals surface area contributed by atoms with Crippen LogP contribution in [0.1, 0.15) is 50.8 Å². The summed E-state index contributed by atoms with van der Waals surface area (Å²) in [5.74, 6) is 2.58. The molecule has 0 amide bonds. The average Bonchev–Trinajstić information content (AvgIpc) is 2.59. The summed E-state index contributed by atoms with van der Waals surface area (Å²) in [6, 6.07) is 4.66. The van der Waals surface area contributed by atoms with Crippen molar-refractivity contribution in [1.82, 2.24) is 4.90 Å². The van der Waals surface area contributed by atoms with Gasteiger partial charge in [0.25, 0.3) is 0 Å². The Morgan fingerprint density at radius 3 is 2.42 bits per heavy atom. The number of aliphatic hydroxyl groups is 1. The fourth-order valence-electron chi connectivity index (χ4n) is 3.98. The molecular formula is C20H33NO3. The molecule has 1 unspecified atom stereocenters. The fraction of sp³-hybridized carbons (Fsp3) is 0.700. The number of nitrogens with zero attached hydrogens (tertiary/aromatic N) is 1. The molecule has 0 saturated carbocycles. The van der Waals surface area contributed by atoms with Crippen LogP contribution in [0.5, 0.6) is 11.5 Å². The van der Waals surface area contributed by atoms with Crippen LogP contribution in [0.4, 0.5) is 0 Å². The van der Waals surface area contributed by atoms with E-state index in [-0.39, 0.29) is 6.61 Å². The molecule has 4 nitrogen and oxygen atoms in total. The molecule has 0 saturated heterocycles. The zero-order valence-corrected chi connectivity index (χ0v) is 15.8. The summed E-state index contributed by atoms with van der Waals surface area (Å²) < 4.78 is 11.0. The van der Waals surface area contributed by atoms with Crippen LogP contribution in [-0.4, -0.2) is 43.9 Å². The predicted molar refractivity (Wildman–Crippen MR) is 97.9 cm³/mol. The van der Waals surface area contributed by atoms with E-state index in [1.807, 2.05) is 0 Å². The van der Waals surface area contributed by atoms with Crippen LogP contribution in [-0.2, 0) is 6.42 Å². The van der Waals surface area contributed by atoms with Crippen molar-refractivity contribution >= 4 is 0 Å². The number of methoxy groups -OCH3 is 2. The number of hydrogen-bond acceptors (Lipinski definition) is 4. The number of hydrogen-bond donors (Lipinski definition) is 1. The Bertz CT molecular complexity index is 530. The SMILES string of the molecule is CCC1c2cc(OC)c(OC)cc2CCN1C[C@@H](CO)CC(C)C. The minimum Gasteiger partial charge on any atom is -0.493 e. The van der Waals surface area contributed by atoms with E-state index in [1.54, 1.807) is 14.2 Å². The lowest BCUT2D eigenvalue weighted by molar-refractivity contribution is 0.108. The lowest BCUT2D eigenvalue weighted by Gasteiger charge is -2.39. The van der Waals surface area contributed by atoms with Gasteiger partial charge in [0.05, 0.1) is 14.2 Å². The molecule has 1 aliphatic rings. The Balaban J connectivity index is 2.24. The second-order valence-electron chi connectivity index (χ2n) is 7.25. The van der Waals surface area contributed by atoms with Crippen LogP contribution in [0, 0.1) is 11.8 Å².